The van der Waals surface area contributed by atoms with Crippen molar-refractivity contribution in [3.8, 4) is 5.75 Å². The van der Waals surface area contributed by atoms with Gasteiger partial charge in [-0.15, -0.1) is 0 Å². The molecule has 0 aliphatic heterocycles. The lowest BCUT2D eigenvalue weighted by atomic mass is 10.1. The number of guanidine groups is 1. The van der Waals surface area contributed by atoms with Crippen molar-refractivity contribution in [2.75, 3.05) is 34.0 Å². The van der Waals surface area contributed by atoms with Crippen LogP contribution in [0.5, 0.6) is 5.75 Å². The second kappa shape index (κ2) is 10.9. The lowest BCUT2D eigenvalue weighted by Crippen LogP contribution is -2.40. The molecule has 1 atom stereocenters. The summed E-state index contributed by atoms with van der Waals surface area (Å²) in [6, 6.07) is 6.21. The molecule has 0 aliphatic carbocycles. The third-order valence-electron chi connectivity index (χ3n) is 3.20. The number of nitrogens with two attached hydrogens (primary N) is 1. The third-order valence-corrected chi connectivity index (χ3v) is 3.20. The highest BCUT2D eigenvalue weighted by Crippen LogP contribution is 2.21. The monoisotopic (exact) mass is 323 g/mol. The summed E-state index contributed by atoms with van der Waals surface area (Å²) in [4.78, 5) is 4.37. The molecule has 23 heavy (non-hydrogen) atoms. The number of aliphatic imine (C=N–C) groups is 1. The van der Waals surface area contributed by atoms with Crippen LogP contribution in [0.3, 0.4) is 0 Å². The highest BCUT2D eigenvalue weighted by atomic mass is 16.5. The van der Waals surface area contributed by atoms with Gasteiger partial charge in [-0.25, -0.2) is 4.99 Å². The summed E-state index contributed by atoms with van der Waals surface area (Å²) in [6.45, 7) is 6.38. The minimum absolute atomic E-state index is 0.117. The molecule has 0 saturated heterocycles. The first kappa shape index (κ1) is 19.3. The Morgan fingerprint density at radius 3 is 2.74 bits per heavy atom. The van der Waals surface area contributed by atoms with Crippen LogP contribution in [0.1, 0.15) is 24.5 Å². The van der Waals surface area contributed by atoms with Crippen LogP contribution in [0.25, 0.3) is 0 Å². The van der Waals surface area contributed by atoms with Gasteiger partial charge in [0.2, 0.25) is 0 Å². The molecule has 0 aliphatic rings. The number of benzene rings is 1. The number of ether oxygens (including phenoxy) is 3. The van der Waals surface area contributed by atoms with Crippen molar-refractivity contribution >= 4 is 5.96 Å². The standard InChI is InChI=1S/C17H29N3O3/c1-13-6-7-15(16(10-13)23-9-5-8-21-3)11-19-17(18)20-14(2)12-22-4/h6-7,10,14H,5,8-9,11-12H2,1-4H3,(H3,18,19,20). The fraction of sp³-hybridized carbons (Fsp3) is 0.588. The molecule has 1 rings (SSSR count). The molecule has 0 spiro atoms. The lowest BCUT2D eigenvalue weighted by molar-refractivity contribution is 0.172. The van der Waals surface area contributed by atoms with E-state index in [1.165, 1.54) is 0 Å². The summed E-state index contributed by atoms with van der Waals surface area (Å²) in [5.74, 6) is 1.25. The van der Waals surface area contributed by atoms with Crippen molar-refractivity contribution < 1.29 is 14.2 Å². The summed E-state index contributed by atoms with van der Waals surface area (Å²) >= 11 is 0. The minimum atomic E-state index is 0.117. The molecule has 1 aromatic rings. The summed E-state index contributed by atoms with van der Waals surface area (Å²) < 4.78 is 15.9. The number of aryl methyl sites for hydroxylation is 1. The summed E-state index contributed by atoms with van der Waals surface area (Å²) in [5, 5.41) is 3.09. The van der Waals surface area contributed by atoms with Gasteiger partial charge in [0.05, 0.1) is 19.8 Å². The van der Waals surface area contributed by atoms with Gasteiger partial charge in [0.1, 0.15) is 5.75 Å². The largest absolute Gasteiger partial charge is 0.493 e. The van der Waals surface area contributed by atoms with E-state index in [1.54, 1.807) is 14.2 Å². The first-order valence-corrected chi connectivity index (χ1v) is 7.83. The molecule has 6 nitrogen and oxygen atoms in total. The van der Waals surface area contributed by atoms with Gasteiger partial charge in [-0.05, 0) is 25.5 Å². The van der Waals surface area contributed by atoms with Crippen LogP contribution in [-0.2, 0) is 16.0 Å². The number of methoxy groups -OCH3 is 2. The van der Waals surface area contributed by atoms with E-state index in [2.05, 4.69) is 10.3 Å². The van der Waals surface area contributed by atoms with Gasteiger partial charge in [-0.3, -0.25) is 0 Å². The average molecular weight is 323 g/mol. The number of rotatable bonds is 10. The van der Waals surface area contributed by atoms with Crippen LogP contribution in [-0.4, -0.2) is 46.0 Å². The Morgan fingerprint density at radius 2 is 2.04 bits per heavy atom. The zero-order valence-electron chi connectivity index (χ0n) is 14.6. The molecule has 1 unspecified atom stereocenters. The van der Waals surface area contributed by atoms with Crippen molar-refractivity contribution in [2.24, 2.45) is 10.7 Å². The SMILES string of the molecule is COCCCOc1cc(C)ccc1CN=C(N)NC(C)COC. The Hall–Kier alpha value is -1.79. The molecule has 1 aromatic carbocycles. The smallest absolute Gasteiger partial charge is 0.189 e. The van der Waals surface area contributed by atoms with Crippen LogP contribution in [0.15, 0.2) is 23.2 Å². The molecule has 0 aromatic heterocycles. The van der Waals surface area contributed by atoms with Crippen molar-refractivity contribution in [3.05, 3.63) is 29.3 Å². The molecule has 6 heteroatoms. The second-order valence-corrected chi connectivity index (χ2v) is 5.51. The van der Waals surface area contributed by atoms with E-state index >= 15 is 0 Å². The predicted octanol–water partition coefficient (Wildman–Crippen LogP) is 1.85. The molecule has 0 saturated carbocycles. The number of hydrogen-bond donors (Lipinski definition) is 2. The van der Waals surface area contributed by atoms with Crippen LogP contribution in [0.2, 0.25) is 0 Å². The van der Waals surface area contributed by atoms with Gasteiger partial charge in [-0.1, -0.05) is 12.1 Å². The molecular weight excluding hydrogens is 294 g/mol. The summed E-state index contributed by atoms with van der Waals surface area (Å²) in [5.41, 5.74) is 8.06. The van der Waals surface area contributed by atoms with Crippen molar-refractivity contribution in [3.63, 3.8) is 0 Å². The maximum atomic E-state index is 5.90. The lowest BCUT2D eigenvalue weighted by Gasteiger charge is -2.14. The van der Waals surface area contributed by atoms with E-state index in [9.17, 15) is 0 Å². The Kier molecular flexibility index (Phi) is 9.09. The number of nitrogens with zero attached hydrogens (tertiary/aromatic N) is 1. The third kappa shape index (κ3) is 7.85. The molecule has 3 N–H and O–H groups in total. The van der Waals surface area contributed by atoms with Gasteiger partial charge >= 0.3 is 0 Å². The Balaban J connectivity index is 2.64. The molecule has 0 fully saturated rings. The zero-order valence-corrected chi connectivity index (χ0v) is 14.6. The van der Waals surface area contributed by atoms with Crippen LogP contribution >= 0.6 is 0 Å². The van der Waals surface area contributed by atoms with E-state index in [4.69, 9.17) is 19.9 Å². The summed E-state index contributed by atoms with van der Waals surface area (Å²) in [6.07, 6.45) is 0.853. The molecule has 0 bridgehead atoms. The van der Waals surface area contributed by atoms with Crippen molar-refractivity contribution in [2.45, 2.75) is 32.9 Å². The normalized spacial score (nSPS) is 13.0. The molecule has 0 radical (unpaired) electrons. The van der Waals surface area contributed by atoms with Gasteiger partial charge in [-0.2, -0.15) is 0 Å². The van der Waals surface area contributed by atoms with E-state index in [1.807, 2.05) is 32.0 Å². The van der Waals surface area contributed by atoms with Crippen LogP contribution < -0.4 is 15.8 Å². The number of nitrogens with one attached hydrogen (secondary N) is 1. The van der Waals surface area contributed by atoms with E-state index < -0.39 is 0 Å². The molecular formula is C17H29N3O3. The van der Waals surface area contributed by atoms with Gasteiger partial charge < -0.3 is 25.3 Å². The Morgan fingerprint density at radius 1 is 1.26 bits per heavy atom. The van der Waals surface area contributed by atoms with Gasteiger partial charge in [0, 0.05) is 38.9 Å². The highest BCUT2D eigenvalue weighted by molar-refractivity contribution is 5.78. The first-order chi connectivity index (χ1) is 11.1. The zero-order chi connectivity index (χ0) is 17.1. The highest BCUT2D eigenvalue weighted by Gasteiger charge is 2.06. The minimum Gasteiger partial charge on any atom is -0.493 e. The first-order valence-electron chi connectivity index (χ1n) is 7.83. The predicted molar refractivity (Wildman–Crippen MR) is 93.0 cm³/mol. The topological polar surface area (TPSA) is 78.1 Å². The molecule has 130 valence electrons. The number of hydrogen-bond acceptors (Lipinski definition) is 4. The Labute approximate surface area is 139 Å². The van der Waals surface area contributed by atoms with E-state index in [0.29, 0.717) is 32.3 Å². The van der Waals surface area contributed by atoms with Crippen molar-refractivity contribution in [1.82, 2.24) is 5.32 Å². The van der Waals surface area contributed by atoms with Gasteiger partial charge in [0.25, 0.3) is 0 Å². The van der Waals surface area contributed by atoms with Gasteiger partial charge in [0.15, 0.2) is 5.96 Å². The maximum Gasteiger partial charge on any atom is 0.189 e. The summed E-state index contributed by atoms with van der Waals surface area (Å²) in [7, 11) is 3.35. The Bertz CT molecular complexity index is 492. The fourth-order valence-corrected chi connectivity index (χ4v) is 2.07. The average Bonchev–Trinajstić information content (AvgIpc) is 2.51. The fourth-order valence-electron chi connectivity index (χ4n) is 2.07. The second-order valence-electron chi connectivity index (χ2n) is 5.51. The van der Waals surface area contributed by atoms with E-state index in [0.717, 1.165) is 23.3 Å². The van der Waals surface area contributed by atoms with Crippen LogP contribution in [0.4, 0.5) is 0 Å². The van der Waals surface area contributed by atoms with Crippen molar-refractivity contribution in [1.29, 1.82) is 0 Å². The van der Waals surface area contributed by atoms with E-state index in [-0.39, 0.29) is 6.04 Å². The van der Waals surface area contributed by atoms with Crippen LogP contribution in [0, 0.1) is 6.92 Å². The molecule has 0 amide bonds. The maximum absolute atomic E-state index is 5.90. The molecule has 0 heterocycles. The quantitative estimate of drug-likeness (QED) is 0.390.